The zero-order chi connectivity index (χ0) is 22.9. The number of carboxylic acid groups (broad SMARTS) is 1. The molecule has 2 N–H and O–H groups in total. The molecular formula is C23H15F4N3O2. The molecule has 0 saturated carbocycles. The molecule has 9 heteroatoms. The molecule has 0 spiro atoms. The molecular weight excluding hydrogens is 426 g/mol. The Balaban J connectivity index is 1.71. The van der Waals surface area contributed by atoms with Gasteiger partial charge in [-0.15, -0.1) is 0 Å². The van der Waals surface area contributed by atoms with E-state index < -0.39 is 24.4 Å². The maximum atomic E-state index is 13.4. The van der Waals surface area contributed by atoms with Crippen molar-refractivity contribution in [3.63, 3.8) is 0 Å². The van der Waals surface area contributed by atoms with Gasteiger partial charge in [0, 0.05) is 34.1 Å². The summed E-state index contributed by atoms with van der Waals surface area (Å²) in [6.45, 7) is -0.816. The monoisotopic (exact) mass is 441 g/mol. The molecule has 0 aliphatic carbocycles. The number of anilines is 2. The minimum absolute atomic E-state index is 0.206. The number of aromatic carboxylic acids is 1. The maximum Gasteiger partial charge on any atom is 0.416 e. The molecule has 0 saturated heterocycles. The number of alkyl halides is 4. The van der Waals surface area contributed by atoms with Gasteiger partial charge in [-0.25, -0.2) is 14.2 Å². The van der Waals surface area contributed by atoms with Crippen molar-refractivity contribution in [2.24, 2.45) is 0 Å². The lowest BCUT2D eigenvalue weighted by atomic mass is 10.0. The second kappa shape index (κ2) is 8.26. The molecule has 5 nitrogen and oxygen atoms in total. The average molecular weight is 441 g/mol. The largest absolute Gasteiger partial charge is 0.477 e. The molecule has 4 rings (SSSR count). The van der Waals surface area contributed by atoms with Crippen molar-refractivity contribution in [3.8, 4) is 11.3 Å². The summed E-state index contributed by atoms with van der Waals surface area (Å²) in [5.41, 5.74) is 1.59. The maximum absolute atomic E-state index is 13.4. The summed E-state index contributed by atoms with van der Waals surface area (Å²) < 4.78 is 51.7. The van der Waals surface area contributed by atoms with E-state index in [2.05, 4.69) is 15.3 Å². The third-order valence-electron chi connectivity index (χ3n) is 4.85. The first-order chi connectivity index (χ1) is 15.3. The highest BCUT2D eigenvalue weighted by Crippen LogP contribution is 2.33. The number of aromatic nitrogens is 2. The number of rotatable bonds is 5. The van der Waals surface area contributed by atoms with Crippen molar-refractivity contribution in [2.45, 2.75) is 12.9 Å². The third kappa shape index (κ3) is 4.22. The molecule has 0 bridgehead atoms. The fourth-order valence-corrected chi connectivity index (χ4v) is 3.27. The van der Waals surface area contributed by atoms with Crippen LogP contribution in [-0.4, -0.2) is 21.0 Å². The first-order valence-corrected chi connectivity index (χ1v) is 9.39. The molecule has 0 radical (unpaired) electrons. The smallest absolute Gasteiger partial charge is 0.416 e. The Kier molecular flexibility index (Phi) is 5.48. The van der Waals surface area contributed by atoms with E-state index in [1.165, 1.54) is 30.5 Å². The number of benzene rings is 2. The predicted octanol–water partition coefficient (Wildman–Crippen LogP) is 6.23. The van der Waals surface area contributed by atoms with E-state index in [1.807, 2.05) is 0 Å². The van der Waals surface area contributed by atoms with Gasteiger partial charge in [-0.1, -0.05) is 18.2 Å². The number of halogens is 4. The Morgan fingerprint density at radius 1 is 1.00 bits per heavy atom. The van der Waals surface area contributed by atoms with E-state index in [0.717, 1.165) is 12.1 Å². The zero-order valence-electron chi connectivity index (χ0n) is 16.3. The number of fused-ring (bicyclic) bond motifs is 1. The normalized spacial score (nSPS) is 11.5. The fourth-order valence-electron chi connectivity index (χ4n) is 3.27. The van der Waals surface area contributed by atoms with Crippen molar-refractivity contribution >= 4 is 28.2 Å². The van der Waals surface area contributed by atoms with Gasteiger partial charge in [0.25, 0.3) is 0 Å². The SMILES string of the molecule is O=C(O)c1ccc(CF)c(-c2ccc3c(Nc4ccc(C(F)(F)F)cc4)ccnc3c2)n1. The van der Waals surface area contributed by atoms with Crippen LogP contribution in [-0.2, 0) is 12.9 Å². The lowest BCUT2D eigenvalue weighted by Gasteiger charge is -2.13. The van der Waals surface area contributed by atoms with Crippen LogP contribution in [0.4, 0.5) is 28.9 Å². The van der Waals surface area contributed by atoms with Gasteiger partial charge in [-0.05, 0) is 42.5 Å². The molecule has 2 heterocycles. The van der Waals surface area contributed by atoms with Crippen LogP contribution in [0, 0.1) is 0 Å². The Morgan fingerprint density at radius 2 is 1.75 bits per heavy atom. The molecule has 162 valence electrons. The summed E-state index contributed by atoms with van der Waals surface area (Å²) in [4.78, 5) is 19.6. The van der Waals surface area contributed by atoms with Gasteiger partial charge in [0.2, 0.25) is 0 Å². The highest BCUT2D eigenvalue weighted by atomic mass is 19.4. The molecule has 0 unspecified atom stereocenters. The van der Waals surface area contributed by atoms with Crippen LogP contribution >= 0.6 is 0 Å². The summed E-state index contributed by atoms with van der Waals surface area (Å²) in [6, 6.07) is 14.0. The molecule has 4 aromatic rings. The predicted molar refractivity (Wildman–Crippen MR) is 111 cm³/mol. The van der Waals surface area contributed by atoms with Crippen LogP contribution < -0.4 is 5.32 Å². The molecule has 2 aromatic heterocycles. The topological polar surface area (TPSA) is 75.1 Å². The van der Waals surface area contributed by atoms with Gasteiger partial charge in [0.15, 0.2) is 0 Å². The Morgan fingerprint density at radius 3 is 2.41 bits per heavy atom. The number of hydrogen-bond acceptors (Lipinski definition) is 4. The number of nitrogens with one attached hydrogen (secondary N) is 1. The molecule has 2 aromatic carbocycles. The Hall–Kier alpha value is -4.01. The molecule has 0 aliphatic heterocycles. The van der Waals surface area contributed by atoms with E-state index >= 15 is 0 Å². The van der Waals surface area contributed by atoms with Gasteiger partial charge in [0.05, 0.1) is 16.8 Å². The summed E-state index contributed by atoms with van der Waals surface area (Å²) in [7, 11) is 0. The van der Waals surface area contributed by atoms with Crippen LogP contribution in [0.15, 0.2) is 66.9 Å². The van der Waals surface area contributed by atoms with Crippen LogP contribution in [0.1, 0.15) is 21.6 Å². The lowest BCUT2D eigenvalue weighted by molar-refractivity contribution is -0.137. The Bertz CT molecular complexity index is 1310. The zero-order valence-corrected chi connectivity index (χ0v) is 16.3. The number of nitrogens with zero attached hydrogens (tertiary/aromatic N) is 2. The van der Waals surface area contributed by atoms with Crippen molar-refractivity contribution in [3.05, 3.63) is 83.7 Å². The minimum Gasteiger partial charge on any atom is -0.477 e. The average Bonchev–Trinajstić information content (AvgIpc) is 2.78. The number of hydrogen-bond donors (Lipinski definition) is 2. The summed E-state index contributed by atoms with van der Waals surface area (Å²) in [5, 5.41) is 12.9. The van der Waals surface area contributed by atoms with Gasteiger partial charge >= 0.3 is 12.1 Å². The van der Waals surface area contributed by atoms with Crippen LogP contribution in [0.3, 0.4) is 0 Å². The number of carboxylic acids is 1. The van der Waals surface area contributed by atoms with E-state index in [4.69, 9.17) is 0 Å². The van der Waals surface area contributed by atoms with Crippen molar-refractivity contribution < 1.29 is 27.5 Å². The standard InChI is InChI=1S/C23H15F4N3O2/c24-12-14-2-8-19(22(31)32)30-21(14)13-1-7-17-18(9-10-28-20(17)11-13)29-16-5-3-15(4-6-16)23(25,26)27/h1-11H,12H2,(H,28,29)(H,31,32). The number of pyridine rings is 2. The van der Waals surface area contributed by atoms with Crippen LogP contribution in [0.5, 0.6) is 0 Å². The highest BCUT2D eigenvalue weighted by Gasteiger charge is 2.29. The first kappa shape index (κ1) is 21.2. The molecule has 0 atom stereocenters. The van der Waals surface area contributed by atoms with E-state index in [-0.39, 0.29) is 17.0 Å². The molecule has 0 fully saturated rings. The quantitative estimate of drug-likeness (QED) is 0.359. The van der Waals surface area contributed by atoms with Crippen molar-refractivity contribution in [1.29, 1.82) is 0 Å². The minimum atomic E-state index is -4.41. The van der Waals surface area contributed by atoms with Gasteiger partial charge in [0.1, 0.15) is 12.4 Å². The van der Waals surface area contributed by atoms with Crippen LogP contribution in [0.2, 0.25) is 0 Å². The molecule has 32 heavy (non-hydrogen) atoms. The van der Waals surface area contributed by atoms with Gasteiger partial charge in [-0.3, -0.25) is 4.98 Å². The molecule has 0 amide bonds. The van der Waals surface area contributed by atoms with E-state index in [9.17, 15) is 27.5 Å². The summed E-state index contributed by atoms with van der Waals surface area (Å²) in [5.74, 6) is -1.22. The first-order valence-electron chi connectivity index (χ1n) is 9.39. The lowest BCUT2D eigenvalue weighted by Crippen LogP contribution is -2.04. The van der Waals surface area contributed by atoms with Gasteiger partial charge < -0.3 is 10.4 Å². The third-order valence-corrected chi connectivity index (χ3v) is 4.85. The van der Waals surface area contributed by atoms with E-state index in [1.54, 1.807) is 24.3 Å². The van der Waals surface area contributed by atoms with Crippen molar-refractivity contribution in [1.82, 2.24) is 9.97 Å². The van der Waals surface area contributed by atoms with Gasteiger partial charge in [-0.2, -0.15) is 13.2 Å². The fraction of sp³-hybridized carbons (Fsp3) is 0.0870. The van der Waals surface area contributed by atoms with Crippen LogP contribution in [0.25, 0.3) is 22.2 Å². The summed E-state index contributed by atoms with van der Waals surface area (Å²) >= 11 is 0. The van der Waals surface area contributed by atoms with Crippen molar-refractivity contribution in [2.75, 3.05) is 5.32 Å². The molecule has 0 aliphatic rings. The number of carbonyl (C=O) groups is 1. The second-order valence-electron chi connectivity index (χ2n) is 6.93. The summed E-state index contributed by atoms with van der Waals surface area (Å²) in [6.07, 6.45) is -2.89. The van der Waals surface area contributed by atoms with E-state index in [0.29, 0.717) is 27.8 Å². The second-order valence-corrected chi connectivity index (χ2v) is 6.93. The Labute approximate surface area is 179 Å². The highest BCUT2D eigenvalue weighted by molar-refractivity contribution is 5.95.